The fourth-order valence-electron chi connectivity index (χ4n) is 5.17. The van der Waals surface area contributed by atoms with Gasteiger partial charge in [0.2, 0.25) is 0 Å². The number of nitriles is 2. The van der Waals surface area contributed by atoms with Crippen LogP contribution >= 0.6 is 0 Å². The Morgan fingerprint density at radius 3 is 2.35 bits per heavy atom. The SMILES string of the molecule is COc1cc(/C=C/C2=CC(=C(C#N)C#N)C=C(c3ccccc3)O2)cc2c1N(Cc1ccccc1)CCC2(C)C. The van der Waals surface area contributed by atoms with Crippen molar-refractivity contribution < 1.29 is 9.47 Å². The second-order valence-corrected chi connectivity index (χ2v) is 10.6. The third-order valence-electron chi connectivity index (χ3n) is 7.41. The summed E-state index contributed by atoms with van der Waals surface area (Å²) in [6.45, 7) is 6.33. The molecular weight excluding hydrogens is 494 g/mol. The lowest BCUT2D eigenvalue weighted by atomic mass is 9.76. The van der Waals surface area contributed by atoms with E-state index in [9.17, 15) is 10.5 Å². The van der Waals surface area contributed by atoms with E-state index in [2.05, 4.69) is 55.1 Å². The summed E-state index contributed by atoms with van der Waals surface area (Å²) in [6, 6.07) is 28.4. The topological polar surface area (TPSA) is 69.3 Å². The first-order valence-corrected chi connectivity index (χ1v) is 13.3. The van der Waals surface area contributed by atoms with E-state index in [1.165, 1.54) is 11.1 Å². The molecule has 5 nitrogen and oxygen atoms in total. The molecule has 3 aromatic carbocycles. The molecule has 0 saturated carbocycles. The van der Waals surface area contributed by atoms with Crippen LogP contribution in [0, 0.1) is 22.7 Å². The summed E-state index contributed by atoms with van der Waals surface area (Å²) in [5.74, 6) is 1.96. The van der Waals surface area contributed by atoms with Gasteiger partial charge in [0, 0.05) is 24.2 Å². The molecule has 0 aliphatic carbocycles. The maximum Gasteiger partial charge on any atom is 0.143 e. The van der Waals surface area contributed by atoms with Crippen LogP contribution in [0.3, 0.4) is 0 Å². The second kappa shape index (κ2) is 11.4. The maximum atomic E-state index is 9.50. The number of fused-ring (bicyclic) bond motifs is 1. The van der Waals surface area contributed by atoms with Crippen molar-refractivity contribution in [2.75, 3.05) is 18.6 Å². The Bertz CT molecular complexity index is 1600. The zero-order chi connectivity index (χ0) is 28.1. The van der Waals surface area contributed by atoms with Gasteiger partial charge in [0.25, 0.3) is 0 Å². The van der Waals surface area contributed by atoms with Crippen LogP contribution in [0.2, 0.25) is 0 Å². The van der Waals surface area contributed by atoms with Crippen LogP contribution in [0.4, 0.5) is 5.69 Å². The zero-order valence-electron chi connectivity index (χ0n) is 23.0. The second-order valence-electron chi connectivity index (χ2n) is 10.6. The molecule has 2 aliphatic rings. The van der Waals surface area contributed by atoms with Gasteiger partial charge in [-0.3, -0.25) is 0 Å². The van der Waals surface area contributed by atoms with Crippen LogP contribution in [-0.4, -0.2) is 13.7 Å². The Morgan fingerprint density at radius 1 is 0.975 bits per heavy atom. The van der Waals surface area contributed by atoms with Crippen LogP contribution < -0.4 is 9.64 Å². The molecule has 2 aliphatic heterocycles. The van der Waals surface area contributed by atoms with Gasteiger partial charge in [-0.15, -0.1) is 0 Å². The average molecular weight is 526 g/mol. The lowest BCUT2D eigenvalue weighted by Gasteiger charge is -2.41. The van der Waals surface area contributed by atoms with Crippen molar-refractivity contribution in [2.24, 2.45) is 0 Å². The largest absolute Gasteiger partial charge is 0.495 e. The number of hydrogen-bond acceptors (Lipinski definition) is 5. The molecule has 5 rings (SSSR count). The van der Waals surface area contributed by atoms with E-state index < -0.39 is 0 Å². The summed E-state index contributed by atoms with van der Waals surface area (Å²) in [6.07, 6.45) is 8.36. The van der Waals surface area contributed by atoms with Gasteiger partial charge in [-0.05, 0) is 58.9 Å². The fraction of sp³-hybridized carbons (Fsp3) is 0.200. The third kappa shape index (κ3) is 5.55. The third-order valence-corrected chi connectivity index (χ3v) is 7.41. The van der Waals surface area contributed by atoms with E-state index in [0.717, 1.165) is 42.1 Å². The highest BCUT2D eigenvalue weighted by molar-refractivity contribution is 5.74. The lowest BCUT2D eigenvalue weighted by molar-refractivity contribution is 0.396. The Labute approximate surface area is 236 Å². The van der Waals surface area contributed by atoms with Crippen molar-refractivity contribution in [3.8, 4) is 17.9 Å². The number of anilines is 1. The van der Waals surface area contributed by atoms with Gasteiger partial charge < -0.3 is 14.4 Å². The summed E-state index contributed by atoms with van der Waals surface area (Å²) < 4.78 is 12.1. The lowest BCUT2D eigenvalue weighted by Crippen LogP contribution is -2.37. The number of benzene rings is 3. The normalized spacial score (nSPS) is 15.7. The molecule has 0 aromatic heterocycles. The Kier molecular flexibility index (Phi) is 7.58. The van der Waals surface area contributed by atoms with E-state index in [1.54, 1.807) is 19.3 Å². The predicted molar refractivity (Wildman–Crippen MR) is 159 cm³/mol. The first-order valence-electron chi connectivity index (χ1n) is 13.3. The summed E-state index contributed by atoms with van der Waals surface area (Å²) >= 11 is 0. The fourth-order valence-corrected chi connectivity index (χ4v) is 5.17. The van der Waals surface area contributed by atoms with E-state index in [1.807, 2.05) is 60.7 Å². The van der Waals surface area contributed by atoms with E-state index in [0.29, 0.717) is 17.1 Å². The van der Waals surface area contributed by atoms with E-state index in [-0.39, 0.29) is 11.0 Å². The van der Waals surface area contributed by atoms with Crippen molar-refractivity contribution >= 4 is 17.5 Å². The first-order chi connectivity index (χ1) is 19.4. The first kappa shape index (κ1) is 26.6. The van der Waals surface area contributed by atoms with Crippen LogP contribution in [0.5, 0.6) is 5.75 Å². The van der Waals surface area contributed by atoms with Gasteiger partial charge >= 0.3 is 0 Å². The molecule has 0 bridgehead atoms. The Balaban J connectivity index is 1.51. The van der Waals surface area contributed by atoms with Crippen molar-refractivity contribution in [3.63, 3.8) is 0 Å². The Morgan fingerprint density at radius 2 is 1.68 bits per heavy atom. The average Bonchev–Trinajstić information content (AvgIpc) is 2.99. The number of hydrogen-bond donors (Lipinski definition) is 0. The van der Waals surface area contributed by atoms with Crippen LogP contribution in [0.25, 0.3) is 11.8 Å². The van der Waals surface area contributed by atoms with Gasteiger partial charge in [-0.1, -0.05) is 80.6 Å². The number of ether oxygens (including phenoxy) is 2. The smallest absolute Gasteiger partial charge is 0.143 e. The number of methoxy groups -OCH3 is 1. The number of nitrogens with zero attached hydrogens (tertiary/aromatic N) is 3. The molecule has 0 unspecified atom stereocenters. The molecule has 0 atom stereocenters. The standard InChI is InChI=1S/C35H31N3O2/c1-35(2)16-17-38(24-25-10-6-4-7-11-25)34-31(35)18-26(19-33(34)39-3)14-15-30-20-28(29(22-36)23-37)21-32(40-30)27-12-8-5-9-13-27/h4-15,18-21H,16-17,24H2,1-3H3/b15-14+. The van der Waals surface area contributed by atoms with Crippen molar-refractivity contribution in [3.05, 3.63) is 130 Å². The predicted octanol–water partition coefficient (Wildman–Crippen LogP) is 7.70. The molecule has 40 heavy (non-hydrogen) atoms. The summed E-state index contributed by atoms with van der Waals surface area (Å²) in [5, 5.41) is 19.0. The summed E-state index contributed by atoms with van der Waals surface area (Å²) in [4.78, 5) is 2.41. The zero-order valence-corrected chi connectivity index (χ0v) is 23.0. The molecule has 0 fully saturated rings. The molecule has 0 radical (unpaired) electrons. The van der Waals surface area contributed by atoms with Gasteiger partial charge in [0.1, 0.15) is 35.0 Å². The minimum atomic E-state index is -0.0200. The number of allylic oxidation sites excluding steroid dienone is 5. The van der Waals surface area contributed by atoms with Crippen LogP contribution in [0.1, 0.15) is 42.5 Å². The van der Waals surface area contributed by atoms with E-state index >= 15 is 0 Å². The molecule has 3 aromatic rings. The van der Waals surface area contributed by atoms with Crippen molar-refractivity contribution in [1.82, 2.24) is 0 Å². The monoisotopic (exact) mass is 525 g/mol. The summed E-state index contributed by atoms with van der Waals surface area (Å²) in [5.41, 5.74) is 6.04. The minimum absolute atomic E-state index is 0.0200. The molecular formula is C35H31N3O2. The highest BCUT2D eigenvalue weighted by Crippen LogP contribution is 2.46. The van der Waals surface area contributed by atoms with Gasteiger partial charge in [-0.2, -0.15) is 10.5 Å². The molecule has 0 N–H and O–H groups in total. The molecule has 0 amide bonds. The van der Waals surface area contributed by atoms with Crippen LogP contribution in [-0.2, 0) is 16.7 Å². The van der Waals surface area contributed by atoms with Gasteiger partial charge in [-0.25, -0.2) is 0 Å². The maximum absolute atomic E-state index is 9.50. The van der Waals surface area contributed by atoms with Gasteiger partial charge in [0.05, 0.1) is 12.8 Å². The molecule has 0 saturated heterocycles. The molecule has 2 heterocycles. The minimum Gasteiger partial charge on any atom is -0.495 e. The molecule has 0 spiro atoms. The van der Waals surface area contributed by atoms with Gasteiger partial charge in [0.15, 0.2) is 0 Å². The van der Waals surface area contributed by atoms with Crippen LogP contribution in [0.15, 0.2) is 108 Å². The van der Waals surface area contributed by atoms with Crippen molar-refractivity contribution in [2.45, 2.75) is 32.2 Å². The van der Waals surface area contributed by atoms with E-state index in [4.69, 9.17) is 9.47 Å². The quantitative estimate of drug-likeness (QED) is 0.309. The van der Waals surface area contributed by atoms with Crippen molar-refractivity contribution in [1.29, 1.82) is 10.5 Å². The Hall–Kier alpha value is -5.00. The highest BCUT2D eigenvalue weighted by Gasteiger charge is 2.34. The molecule has 5 heteroatoms. The molecule has 198 valence electrons. The highest BCUT2D eigenvalue weighted by atomic mass is 16.5. The number of rotatable bonds is 6. The summed E-state index contributed by atoms with van der Waals surface area (Å²) in [7, 11) is 1.72.